The number of nitrogens with zero attached hydrogens (tertiary/aromatic N) is 6. The van der Waals surface area contributed by atoms with Crippen molar-refractivity contribution in [3.05, 3.63) is 36.2 Å². The number of rotatable bonds is 3. The average molecular weight is 302 g/mol. The van der Waals surface area contributed by atoms with Crippen molar-refractivity contribution < 1.29 is 4.79 Å². The maximum atomic E-state index is 12.5. The van der Waals surface area contributed by atoms with Crippen LogP contribution >= 0.6 is 0 Å². The predicted molar refractivity (Wildman–Crippen MR) is 82.2 cm³/mol. The zero-order chi connectivity index (χ0) is 15.5. The highest BCUT2D eigenvalue weighted by molar-refractivity contribution is 5.92. The molecule has 1 aliphatic heterocycles. The molecule has 1 fully saturated rings. The van der Waals surface area contributed by atoms with Gasteiger partial charge in [-0.05, 0) is 6.42 Å². The molecule has 0 atom stereocenters. The molecule has 118 valence electrons. The van der Waals surface area contributed by atoms with E-state index >= 15 is 0 Å². The molecule has 2 aromatic rings. The molecule has 2 aromatic heterocycles. The first-order valence-electron chi connectivity index (χ1n) is 7.59. The molecule has 1 aliphatic rings. The molecule has 0 N–H and O–H groups in total. The average Bonchev–Trinajstić information content (AvgIpc) is 3.02. The molecule has 3 rings (SSSR count). The minimum absolute atomic E-state index is 0.0724. The summed E-state index contributed by atoms with van der Waals surface area (Å²) in [7, 11) is 3.78. The van der Waals surface area contributed by atoms with Gasteiger partial charge in [-0.3, -0.25) is 14.4 Å². The molecule has 0 radical (unpaired) electrons. The van der Waals surface area contributed by atoms with Crippen molar-refractivity contribution in [1.82, 2.24) is 29.1 Å². The molecule has 0 aliphatic carbocycles. The lowest BCUT2D eigenvalue weighted by molar-refractivity contribution is 0.0751. The van der Waals surface area contributed by atoms with E-state index in [2.05, 4.69) is 15.0 Å². The van der Waals surface area contributed by atoms with Crippen LogP contribution in [0.1, 0.15) is 22.5 Å². The Morgan fingerprint density at radius 1 is 1.18 bits per heavy atom. The first-order valence-corrected chi connectivity index (χ1v) is 7.59. The Morgan fingerprint density at radius 3 is 2.73 bits per heavy atom. The van der Waals surface area contributed by atoms with Crippen LogP contribution < -0.4 is 0 Å². The first-order chi connectivity index (χ1) is 10.6. The first kappa shape index (κ1) is 14.8. The number of carbonyl (C=O) groups excluding carboxylic acids is 1. The third-order valence-corrected chi connectivity index (χ3v) is 4.08. The van der Waals surface area contributed by atoms with Crippen LogP contribution in [-0.2, 0) is 20.6 Å². The monoisotopic (exact) mass is 302 g/mol. The fourth-order valence-electron chi connectivity index (χ4n) is 2.87. The molecule has 0 spiro atoms. The summed E-state index contributed by atoms with van der Waals surface area (Å²) >= 11 is 0. The van der Waals surface area contributed by atoms with Crippen LogP contribution in [0.15, 0.2) is 24.9 Å². The SMILES string of the molecule is Cn1cc(CN2CCCN(C(=O)c3cncn3C)CC2)cn1. The summed E-state index contributed by atoms with van der Waals surface area (Å²) < 4.78 is 3.60. The second-order valence-electron chi connectivity index (χ2n) is 5.83. The van der Waals surface area contributed by atoms with Crippen LogP contribution in [-0.4, -0.2) is 61.2 Å². The second-order valence-corrected chi connectivity index (χ2v) is 5.83. The lowest BCUT2D eigenvalue weighted by Crippen LogP contribution is -2.35. The quantitative estimate of drug-likeness (QED) is 0.828. The number of aryl methyl sites for hydroxylation is 2. The van der Waals surface area contributed by atoms with Crippen LogP contribution in [0.3, 0.4) is 0 Å². The minimum Gasteiger partial charge on any atom is -0.336 e. The Labute approximate surface area is 130 Å². The van der Waals surface area contributed by atoms with Gasteiger partial charge in [-0.25, -0.2) is 4.98 Å². The van der Waals surface area contributed by atoms with Crippen molar-refractivity contribution >= 4 is 5.91 Å². The van der Waals surface area contributed by atoms with Gasteiger partial charge in [0.25, 0.3) is 5.91 Å². The van der Waals surface area contributed by atoms with Gasteiger partial charge in [0.2, 0.25) is 0 Å². The fraction of sp³-hybridized carbons (Fsp3) is 0.533. The Kier molecular flexibility index (Phi) is 4.24. The second kappa shape index (κ2) is 6.31. The third-order valence-electron chi connectivity index (χ3n) is 4.08. The van der Waals surface area contributed by atoms with Gasteiger partial charge in [0.15, 0.2) is 0 Å². The lowest BCUT2D eigenvalue weighted by Gasteiger charge is -2.21. The van der Waals surface area contributed by atoms with Crippen molar-refractivity contribution in [2.75, 3.05) is 26.2 Å². The van der Waals surface area contributed by atoms with E-state index in [4.69, 9.17) is 0 Å². The summed E-state index contributed by atoms with van der Waals surface area (Å²) in [4.78, 5) is 20.9. The smallest absolute Gasteiger partial charge is 0.272 e. The summed E-state index contributed by atoms with van der Waals surface area (Å²) in [5.41, 5.74) is 1.87. The highest BCUT2D eigenvalue weighted by Crippen LogP contribution is 2.11. The van der Waals surface area contributed by atoms with Crippen molar-refractivity contribution in [3.63, 3.8) is 0 Å². The maximum absolute atomic E-state index is 12.5. The van der Waals surface area contributed by atoms with E-state index in [1.54, 1.807) is 17.1 Å². The summed E-state index contributed by atoms with van der Waals surface area (Å²) in [6, 6.07) is 0. The topological polar surface area (TPSA) is 59.2 Å². The van der Waals surface area contributed by atoms with E-state index in [1.807, 2.05) is 36.1 Å². The van der Waals surface area contributed by atoms with Gasteiger partial charge in [0.05, 0.1) is 18.7 Å². The minimum atomic E-state index is 0.0724. The summed E-state index contributed by atoms with van der Waals surface area (Å²) in [5, 5.41) is 4.21. The van der Waals surface area contributed by atoms with Gasteiger partial charge in [0, 0.05) is 58.6 Å². The number of carbonyl (C=O) groups is 1. The van der Waals surface area contributed by atoms with E-state index < -0.39 is 0 Å². The molecule has 7 nitrogen and oxygen atoms in total. The number of amides is 1. The van der Waals surface area contributed by atoms with Gasteiger partial charge < -0.3 is 9.47 Å². The van der Waals surface area contributed by atoms with Crippen molar-refractivity contribution in [1.29, 1.82) is 0 Å². The van der Waals surface area contributed by atoms with Crippen LogP contribution in [0.5, 0.6) is 0 Å². The van der Waals surface area contributed by atoms with Gasteiger partial charge in [-0.2, -0.15) is 5.10 Å². The Balaban J connectivity index is 1.60. The van der Waals surface area contributed by atoms with E-state index in [1.165, 1.54) is 5.56 Å². The Bertz CT molecular complexity index is 646. The molecule has 1 saturated heterocycles. The third kappa shape index (κ3) is 3.19. The van der Waals surface area contributed by atoms with Gasteiger partial charge >= 0.3 is 0 Å². The molecule has 0 bridgehead atoms. The van der Waals surface area contributed by atoms with Crippen LogP contribution in [0.4, 0.5) is 0 Å². The van der Waals surface area contributed by atoms with Crippen molar-refractivity contribution in [3.8, 4) is 0 Å². The molecule has 0 unspecified atom stereocenters. The molecule has 0 aromatic carbocycles. The van der Waals surface area contributed by atoms with E-state index in [0.29, 0.717) is 5.69 Å². The fourth-order valence-corrected chi connectivity index (χ4v) is 2.87. The molecule has 1 amide bonds. The molecule has 22 heavy (non-hydrogen) atoms. The van der Waals surface area contributed by atoms with Gasteiger partial charge in [0.1, 0.15) is 5.69 Å². The predicted octanol–water partition coefficient (Wildman–Crippen LogP) is 0.502. The van der Waals surface area contributed by atoms with Crippen molar-refractivity contribution in [2.24, 2.45) is 14.1 Å². The maximum Gasteiger partial charge on any atom is 0.272 e. The number of imidazole rings is 1. The standard InChI is InChI=1S/C15H22N6O/c1-18-12-16-9-14(18)15(22)21-5-3-4-20(6-7-21)11-13-8-17-19(2)10-13/h8-10,12H,3-7,11H2,1-2H3. The zero-order valence-corrected chi connectivity index (χ0v) is 13.1. The molecule has 3 heterocycles. The number of hydrogen-bond acceptors (Lipinski definition) is 4. The largest absolute Gasteiger partial charge is 0.336 e. The van der Waals surface area contributed by atoms with Crippen LogP contribution in [0.2, 0.25) is 0 Å². The molecule has 0 saturated carbocycles. The van der Waals surface area contributed by atoms with E-state index in [0.717, 1.165) is 39.1 Å². The van der Waals surface area contributed by atoms with E-state index in [-0.39, 0.29) is 5.91 Å². The highest BCUT2D eigenvalue weighted by atomic mass is 16.2. The molecular formula is C15H22N6O. The lowest BCUT2D eigenvalue weighted by atomic mass is 10.3. The molecular weight excluding hydrogens is 280 g/mol. The Hall–Kier alpha value is -2.15. The van der Waals surface area contributed by atoms with Crippen LogP contribution in [0.25, 0.3) is 0 Å². The highest BCUT2D eigenvalue weighted by Gasteiger charge is 2.22. The number of hydrogen-bond donors (Lipinski definition) is 0. The summed E-state index contributed by atoms with van der Waals surface area (Å²) in [5.74, 6) is 0.0724. The zero-order valence-electron chi connectivity index (χ0n) is 13.1. The van der Waals surface area contributed by atoms with Gasteiger partial charge in [-0.15, -0.1) is 0 Å². The summed E-state index contributed by atoms with van der Waals surface area (Å²) in [6.45, 7) is 4.34. The van der Waals surface area contributed by atoms with Gasteiger partial charge in [-0.1, -0.05) is 0 Å². The number of aromatic nitrogens is 4. The van der Waals surface area contributed by atoms with E-state index in [9.17, 15) is 4.79 Å². The normalized spacial score (nSPS) is 16.7. The van der Waals surface area contributed by atoms with Crippen LogP contribution in [0, 0.1) is 0 Å². The summed E-state index contributed by atoms with van der Waals surface area (Å²) in [6.07, 6.45) is 8.25. The van der Waals surface area contributed by atoms with Crippen molar-refractivity contribution in [2.45, 2.75) is 13.0 Å². The Morgan fingerprint density at radius 2 is 2.05 bits per heavy atom. The molecule has 7 heteroatoms.